The van der Waals surface area contributed by atoms with Crippen molar-refractivity contribution in [3.05, 3.63) is 33.8 Å². The molecule has 1 rings (SSSR count). The Labute approximate surface area is 102 Å². The van der Waals surface area contributed by atoms with E-state index in [0.29, 0.717) is 16.1 Å². The van der Waals surface area contributed by atoms with Gasteiger partial charge in [-0.1, -0.05) is 35.3 Å². The van der Waals surface area contributed by atoms with Gasteiger partial charge >= 0.3 is 0 Å². The van der Waals surface area contributed by atoms with Crippen LogP contribution < -0.4 is 5.32 Å². The number of benzene rings is 1. The molecule has 0 aromatic heterocycles. The molecule has 1 unspecified atom stereocenters. The molecule has 0 radical (unpaired) electrons. The van der Waals surface area contributed by atoms with Crippen molar-refractivity contribution in [1.82, 2.24) is 5.32 Å². The third kappa shape index (κ3) is 4.02. The first-order valence-electron chi connectivity index (χ1n) is 5.25. The summed E-state index contributed by atoms with van der Waals surface area (Å²) in [6.45, 7) is 2.18. The van der Waals surface area contributed by atoms with Gasteiger partial charge in [0.1, 0.15) is 0 Å². The summed E-state index contributed by atoms with van der Waals surface area (Å²) in [5, 5.41) is 4.57. The molecule has 0 aliphatic carbocycles. The maximum absolute atomic E-state index is 6.09. The lowest BCUT2D eigenvalue weighted by Gasteiger charge is -2.10. The van der Waals surface area contributed by atoms with Crippen LogP contribution in [0.3, 0.4) is 0 Å². The third-order valence-electron chi connectivity index (χ3n) is 2.61. The van der Waals surface area contributed by atoms with Gasteiger partial charge in [-0.2, -0.15) is 0 Å². The van der Waals surface area contributed by atoms with Gasteiger partial charge in [-0.25, -0.2) is 0 Å². The first-order chi connectivity index (χ1) is 7.15. The predicted molar refractivity (Wildman–Crippen MR) is 67.9 cm³/mol. The highest BCUT2D eigenvalue weighted by molar-refractivity contribution is 6.42. The molecule has 84 valence electrons. The van der Waals surface area contributed by atoms with Gasteiger partial charge in [0.25, 0.3) is 0 Å². The van der Waals surface area contributed by atoms with Crippen molar-refractivity contribution in [2.75, 3.05) is 7.05 Å². The minimum Gasteiger partial charge on any atom is -0.317 e. The molecule has 0 amide bonds. The Morgan fingerprint density at radius 3 is 2.73 bits per heavy atom. The monoisotopic (exact) mass is 245 g/mol. The zero-order valence-corrected chi connectivity index (χ0v) is 10.7. The largest absolute Gasteiger partial charge is 0.317 e. The molecule has 0 aliphatic heterocycles. The van der Waals surface area contributed by atoms with E-state index in [1.807, 2.05) is 25.2 Å². The van der Waals surface area contributed by atoms with Gasteiger partial charge in [0.15, 0.2) is 0 Å². The van der Waals surface area contributed by atoms with Crippen LogP contribution in [0.15, 0.2) is 18.2 Å². The molecule has 3 heteroatoms. The second-order valence-electron chi connectivity index (χ2n) is 3.79. The Morgan fingerprint density at radius 1 is 1.33 bits per heavy atom. The van der Waals surface area contributed by atoms with Crippen LogP contribution in [-0.4, -0.2) is 13.1 Å². The highest BCUT2D eigenvalue weighted by Gasteiger charge is 2.04. The summed E-state index contributed by atoms with van der Waals surface area (Å²) < 4.78 is 0. The standard InChI is InChI=1S/C12H17Cl2N/c1-9(15-2)5-3-6-10-7-4-8-11(13)12(10)14/h4,7-9,15H,3,5-6H2,1-2H3. The van der Waals surface area contributed by atoms with Crippen molar-refractivity contribution >= 4 is 23.2 Å². The Hall–Kier alpha value is -0.240. The van der Waals surface area contributed by atoms with E-state index < -0.39 is 0 Å². The topological polar surface area (TPSA) is 12.0 Å². The first kappa shape index (κ1) is 12.8. The highest BCUT2D eigenvalue weighted by Crippen LogP contribution is 2.26. The summed E-state index contributed by atoms with van der Waals surface area (Å²) >= 11 is 12.0. The molecule has 0 saturated carbocycles. The lowest BCUT2D eigenvalue weighted by molar-refractivity contribution is 0.542. The SMILES string of the molecule is CNC(C)CCCc1cccc(Cl)c1Cl. The Balaban J connectivity index is 2.47. The molecule has 0 spiro atoms. The highest BCUT2D eigenvalue weighted by atomic mass is 35.5. The molecular formula is C12H17Cl2N. The number of aryl methyl sites for hydroxylation is 1. The Kier molecular flexibility index (Phi) is 5.44. The van der Waals surface area contributed by atoms with Crippen LogP contribution in [0, 0.1) is 0 Å². The molecule has 15 heavy (non-hydrogen) atoms. The summed E-state index contributed by atoms with van der Waals surface area (Å²) in [6.07, 6.45) is 3.27. The Bertz CT molecular complexity index is 312. The molecule has 0 bridgehead atoms. The molecule has 1 N–H and O–H groups in total. The van der Waals surface area contributed by atoms with Crippen LogP contribution in [0.25, 0.3) is 0 Å². The first-order valence-corrected chi connectivity index (χ1v) is 6.01. The van der Waals surface area contributed by atoms with Crippen molar-refractivity contribution in [2.24, 2.45) is 0 Å². The zero-order chi connectivity index (χ0) is 11.3. The molecular weight excluding hydrogens is 229 g/mol. The van der Waals surface area contributed by atoms with Gasteiger partial charge in [-0.15, -0.1) is 0 Å². The van der Waals surface area contributed by atoms with Crippen molar-refractivity contribution in [2.45, 2.75) is 32.2 Å². The summed E-state index contributed by atoms with van der Waals surface area (Å²) in [5.41, 5.74) is 1.15. The van der Waals surface area contributed by atoms with Crippen molar-refractivity contribution in [1.29, 1.82) is 0 Å². The van der Waals surface area contributed by atoms with Crippen molar-refractivity contribution in [3.63, 3.8) is 0 Å². The fourth-order valence-corrected chi connectivity index (χ4v) is 1.90. The van der Waals surface area contributed by atoms with E-state index in [4.69, 9.17) is 23.2 Å². The van der Waals surface area contributed by atoms with Gasteiger partial charge in [0.2, 0.25) is 0 Å². The van der Waals surface area contributed by atoms with E-state index >= 15 is 0 Å². The van der Waals surface area contributed by atoms with E-state index in [1.165, 1.54) is 0 Å². The van der Waals surface area contributed by atoms with E-state index in [2.05, 4.69) is 12.2 Å². The van der Waals surface area contributed by atoms with Crippen LogP contribution >= 0.6 is 23.2 Å². The Morgan fingerprint density at radius 2 is 2.07 bits per heavy atom. The van der Waals surface area contributed by atoms with E-state index in [9.17, 15) is 0 Å². The van der Waals surface area contributed by atoms with Gasteiger partial charge < -0.3 is 5.32 Å². The molecule has 0 fully saturated rings. The zero-order valence-electron chi connectivity index (χ0n) is 9.19. The van der Waals surface area contributed by atoms with Crippen molar-refractivity contribution < 1.29 is 0 Å². The van der Waals surface area contributed by atoms with Crippen molar-refractivity contribution in [3.8, 4) is 0 Å². The van der Waals surface area contributed by atoms with E-state index in [0.717, 1.165) is 24.8 Å². The molecule has 0 saturated heterocycles. The van der Waals surface area contributed by atoms with Gasteiger partial charge in [0, 0.05) is 6.04 Å². The molecule has 0 aliphatic rings. The summed E-state index contributed by atoms with van der Waals surface area (Å²) in [4.78, 5) is 0. The van der Waals surface area contributed by atoms with Crippen LogP contribution in [0.1, 0.15) is 25.3 Å². The number of hydrogen-bond donors (Lipinski definition) is 1. The summed E-state index contributed by atoms with van der Waals surface area (Å²) in [6, 6.07) is 6.37. The summed E-state index contributed by atoms with van der Waals surface area (Å²) in [7, 11) is 1.98. The van der Waals surface area contributed by atoms with Gasteiger partial charge in [-0.3, -0.25) is 0 Å². The van der Waals surface area contributed by atoms with Crippen LogP contribution in [-0.2, 0) is 6.42 Å². The smallest absolute Gasteiger partial charge is 0.0624 e. The van der Waals surface area contributed by atoms with Crippen LogP contribution in [0.4, 0.5) is 0 Å². The quantitative estimate of drug-likeness (QED) is 0.830. The number of hydrogen-bond acceptors (Lipinski definition) is 1. The van der Waals surface area contributed by atoms with E-state index in [-0.39, 0.29) is 0 Å². The number of rotatable bonds is 5. The predicted octanol–water partition coefficient (Wildman–Crippen LogP) is 3.92. The average Bonchev–Trinajstić information content (AvgIpc) is 2.24. The number of nitrogens with one attached hydrogen (secondary N) is 1. The normalized spacial score (nSPS) is 12.8. The second-order valence-corrected chi connectivity index (χ2v) is 4.58. The van der Waals surface area contributed by atoms with Gasteiger partial charge in [0.05, 0.1) is 10.0 Å². The fourth-order valence-electron chi connectivity index (χ4n) is 1.48. The lowest BCUT2D eigenvalue weighted by Crippen LogP contribution is -2.20. The molecule has 1 atom stereocenters. The van der Waals surface area contributed by atoms with Crippen LogP contribution in [0.2, 0.25) is 10.0 Å². The maximum atomic E-state index is 6.09. The van der Waals surface area contributed by atoms with E-state index in [1.54, 1.807) is 0 Å². The summed E-state index contributed by atoms with van der Waals surface area (Å²) in [5.74, 6) is 0. The van der Waals surface area contributed by atoms with Gasteiger partial charge in [-0.05, 0) is 44.9 Å². The minimum atomic E-state index is 0.558. The number of halogens is 2. The minimum absolute atomic E-state index is 0.558. The lowest BCUT2D eigenvalue weighted by atomic mass is 10.1. The molecule has 0 heterocycles. The molecule has 1 aromatic carbocycles. The molecule has 1 nitrogen and oxygen atoms in total. The maximum Gasteiger partial charge on any atom is 0.0624 e. The average molecular weight is 246 g/mol. The fraction of sp³-hybridized carbons (Fsp3) is 0.500. The second kappa shape index (κ2) is 6.37. The van der Waals surface area contributed by atoms with Crippen LogP contribution in [0.5, 0.6) is 0 Å². The molecule has 1 aromatic rings. The third-order valence-corrected chi connectivity index (χ3v) is 3.47.